The number of halogens is 1. The molecule has 7 heteroatoms. The van der Waals surface area contributed by atoms with Crippen LogP contribution in [0.3, 0.4) is 0 Å². The minimum absolute atomic E-state index is 0.0865. The molecule has 0 bridgehead atoms. The molecule has 168 valence electrons. The van der Waals surface area contributed by atoms with Gasteiger partial charge in [0.05, 0.1) is 12.9 Å². The number of hydrogen-bond acceptors (Lipinski definition) is 4. The van der Waals surface area contributed by atoms with Gasteiger partial charge in [0.25, 0.3) is 0 Å². The van der Waals surface area contributed by atoms with Crippen LogP contribution in [0.25, 0.3) is 0 Å². The molecule has 0 fully saturated rings. The second-order valence-corrected chi connectivity index (χ2v) is 8.67. The van der Waals surface area contributed by atoms with E-state index in [0.29, 0.717) is 23.9 Å². The summed E-state index contributed by atoms with van der Waals surface area (Å²) in [6.45, 7) is 4.75. The van der Waals surface area contributed by atoms with Gasteiger partial charge in [-0.15, -0.1) is 11.8 Å². The Balaban J connectivity index is 2.03. The third kappa shape index (κ3) is 8.11. The van der Waals surface area contributed by atoms with Crippen LogP contribution >= 0.6 is 23.4 Å². The van der Waals surface area contributed by atoms with Crippen molar-refractivity contribution >= 4 is 35.2 Å². The molecule has 2 amide bonds. The Morgan fingerprint density at radius 3 is 2.52 bits per heavy atom. The summed E-state index contributed by atoms with van der Waals surface area (Å²) in [5, 5.41) is 3.52. The van der Waals surface area contributed by atoms with Crippen LogP contribution in [0, 0.1) is 0 Å². The van der Waals surface area contributed by atoms with Crippen LogP contribution in [0.4, 0.5) is 0 Å². The highest BCUT2D eigenvalue weighted by molar-refractivity contribution is 7.99. The van der Waals surface area contributed by atoms with Crippen LogP contribution in [-0.2, 0) is 21.9 Å². The number of unbranched alkanes of at least 4 members (excludes halogenated alkanes) is 1. The van der Waals surface area contributed by atoms with E-state index in [1.807, 2.05) is 42.5 Å². The third-order valence-corrected chi connectivity index (χ3v) is 6.31. The van der Waals surface area contributed by atoms with Crippen molar-refractivity contribution < 1.29 is 14.3 Å². The molecule has 0 radical (unpaired) electrons. The van der Waals surface area contributed by atoms with E-state index >= 15 is 0 Å². The van der Waals surface area contributed by atoms with Crippen LogP contribution in [0.5, 0.6) is 5.75 Å². The zero-order valence-electron chi connectivity index (χ0n) is 18.4. The first-order valence-electron chi connectivity index (χ1n) is 10.5. The second kappa shape index (κ2) is 13.3. The third-order valence-electron chi connectivity index (χ3n) is 4.95. The summed E-state index contributed by atoms with van der Waals surface area (Å²) in [6.07, 6.45) is 1.91. The number of carbonyl (C=O) groups is 2. The van der Waals surface area contributed by atoms with Crippen molar-refractivity contribution in [1.29, 1.82) is 0 Å². The van der Waals surface area contributed by atoms with Gasteiger partial charge in [-0.05, 0) is 42.7 Å². The fourth-order valence-corrected chi connectivity index (χ4v) is 4.06. The number of nitrogens with zero attached hydrogens (tertiary/aromatic N) is 1. The zero-order chi connectivity index (χ0) is 22.6. The minimum atomic E-state index is -0.581. The number of amides is 2. The van der Waals surface area contributed by atoms with Crippen molar-refractivity contribution in [2.45, 2.75) is 45.0 Å². The van der Waals surface area contributed by atoms with Gasteiger partial charge in [0.15, 0.2) is 0 Å². The largest absolute Gasteiger partial charge is 0.497 e. The van der Waals surface area contributed by atoms with E-state index in [1.165, 1.54) is 11.8 Å². The standard InChI is InChI=1S/C24H31ClN2O3S/c1-4-5-14-26-24(29)18(2)27(15-20-8-6-7-9-22(20)25)23(28)17-31-16-19-10-12-21(30-3)13-11-19/h6-13,18H,4-5,14-17H2,1-3H3,(H,26,29). The molecule has 0 spiro atoms. The number of nitrogens with one attached hydrogen (secondary N) is 1. The van der Waals surface area contributed by atoms with Crippen LogP contribution in [0.15, 0.2) is 48.5 Å². The molecule has 1 atom stereocenters. The van der Waals surface area contributed by atoms with Gasteiger partial charge in [-0.25, -0.2) is 0 Å². The quantitative estimate of drug-likeness (QED) is 0.455. The number of hydrogen-bond donors (Lipinski definition) is 1. The van der Waals surface area contributed by atoms with Gasteiger partial charge in [0, 0.05) is 23.9 Å². The lowest BCUT2D eigenvalue weighted by molar-refractivity contribution is -0.138. The van der Waals surface area contributed by atoms with Gasteiger partial charge in [0.2, 0.25) is 11.8 Å². The van der Waals surface area contributed by atoms with E-state index in [4.69, 9.17) is 16.3 Å². The molecular weight excluding hydrogens is 432 g/mol. The smallest absolute Gasteiger partial charge is 0.242 e. The molecule has 31 heavy (non-hydrogen) atoms. The fraction of sp³-hybridized carbons (Fsp3) is 0.417. The highest BCUT2D eigenvalue weighted by Crippen LogP contribution is 2.21. The van der Waals surface area contributed by atoms with Crippen LogP contribution in [0.1, 0.15) is 37.8 Å². The van der Waals surface area contributed by atoms with Gasteiger partial charge in [-0.1, -0.05) is 55.3 Å². The maximum atomic E-state index is 13.1. The van der Waals surface area contributed by atoms with Crippen LogP contribution in [0.2, 0.25) is 5.02 Å². The Labute approximate surface area is 194 Å². The highest BCUT2D eigenvalue weighted by atomic mass is 35.5. The highest BCUT2D eigenvalue weighted by Gasteiger charge is 2.26. The maximum absolute atomic E-state index is 13.1. The van der Waals surface area contributed by atoms with Gasteiger partial charge in [0.1, 0.15) is 11.8 Å². The molecule has 0 aliphatic carbocycles. The molecule has 1 unspecified atom stereocenters. The number of carbonyl (C=O) groups excluding carboxylic acids is 2. The second-order valence-electron chi connectivity index (χ2n) is 7.27. The summed E-state index contributed by atoms with van der Waals surface area (Å²) in [4.78, 5) is 27.3. The van der Waals surface area contributed by atoms with Crippen molar-refractivity contribution in [3.05, 3.63) is 64.7 Å². The lowest BCUT2D eigenvalue weighted by Gasteiger charge is -2.29. The molecule has 2 aromatic rings. The van der Waals surface area contributed by atoms with E-state index in [9.17, 15) is 9.59 Å². The molecule has 0 aliphatic rings. The minimum Gasteiger partial charge on any atom is -0.497 e. The van der Waals surface area contributed by atoms with Gasteiger partial charge in [-0.2, -0.15) is 0 Å². The first-order valence-corrected chi connectivity index (χ1v) is 12.0. The summed E-state index contributed by atoms with van der Waals surface area (Å²) < 4.78 is 5.18. The average Bonchev–Trinajstić information content (AvgIpc) is 2.78. The maximum Gasteiger partial charge on any atom is 0.242 e. The molecule has 0 aromatic heterocycles. The first kappa shape index (κ1) is 25.1. The topological polar surface area (TPSA) is 58.6 Å². The van der Waals surface area contributed by atoms with Crippen LogP contribution in [-0.4, -0.2) is 42.2 Å². The summed E-state index contributed by atoms with van der Waals surface area (Å²) in [5.74, 6) is 1.56. The first-order chi connectivity index (χ1) is 15.0. The van der Waals surface area contributed by atoms with Crippen molar-refractivity contribution in [1.82, 2.24) is 10.2 Å². The number of methoxy groups -OCH3 is 1. The molecule has 0 saturated carbocycles. The van der Waals surface area contributed by atoms with Gasteiger partial charge in [-0.3, -0.25) is 9.59 Å². The van der Waals surface area contributed by atoms with E-state index in [1.54, 1.807) is 25.0 Å². The SMILES string of the molecule is CCCCNC(=O)C(C)N(Cc1ccccc1Cl)C(=O)CSCc1ccc(OC)cc1. The van der Waals surface area contributed by atoms with Crippen molar-refractivity contribution in [3.63, 3.8) is 0 Å². The molecule has 0 saturated heterocycles. The molecule has 0 heterocycles. The van der Waals surface area contributed by atoms with Gasteiger partial charge >= 0.3 is 0 Å². The summed E-state index contributed by atoms with van der Waals surface area (Å²) in [6, 6.07) is 14.6. The summed E-state index contributed by atoms with van der Waals surface area (Å²) in [5.41, 5.74) is 1.94. The lowest BCUT2D eigenvalue weighted by Crippen LogP contribution is -2.48. The molecule has 2 rings (SSSR count). The lowest BCUT2D eigenvalue weighted by atomic mass is 10.1. The van der Waals surface area contributed by atoms with E-state index < -0.39 is 6.04 Å². The Kier molecular flexibility index (Phi) is 10.7. The Morgan fingerprint density at radius 2 is 1.87 bits per heavy atom. The monoisotopic (exact) mass is 462 g/mol. The predicted molar refractivity (Wildman–Crippen MR) is 129 cm³/mol. The average molecular weight is 463 g/mol. The molecule has 1 N–H and O–H groups in total. The number of thioether (sulfide) groups is 1. The molecule has 0 aliphatic heterocycles. The molecular formula is C24H31ClN2O3S. The van der Waals surface area contributed by atoms with Crippen molar-refractivity contribution in [3.8, 4) is 5.75 Å². The molecule has 2 aromatic carbocycles. The van der Waals surface area contributed by atoms with Gasteiger partial charge < -0.3 is 15.0 Å². The summed E-state index contributed by atoms with van der Waals surface area (Å²) in [7, 11) is 1.63. The fourth-order valence-electron chi connectivity index (χ4n) is 2.99. The van der Waals surface area contributed by atoms with Crippen molar-refractivity contribution in [2.75, 3.05) is 19.4 Å². The zero-order valence-corrected chi connectivity index (χ0v) is 20.0. The normalized spacial score (nSPS) is 11.6. The molecule has 5 nitrogen and oxygen atoms in total. The predicted octanol–water partition coefficient (Wildman–Crippen LogP) is 4.92. The van der Waals surface area contributed by atoms with E-state index in [-0.39, 0.29) is 17.6 Å². The number of rotatable bonds is 12. The number of ether oxygens (including phenoxy) is 1. The Hall–Kier alpha value is -2.18. The van der Waals surface area contributed by atoms with E-state index in [2.05, 4.69) is 12.2 Å². The Morgan fingerprint density at radius 1 is 1.16 bits per heavy atom. The summed E-state index contributed by atoms with van der Waals surface area (Å²) >= 11 is 7.84. The van der Waals surface area contributed by atoms with Crippen LogP contribution < -0.4 is 10.1 Å². The Bertz CT molecular complexity index is 845. The van der Waals surface area contributed by atoms with Crippen molar-refractivity contribution in [2.24, 2.45) is 0 Å². The number of benzene rings is 2. The van der Waals surface area contributed by atoms with E-state index in [0.717, 1.165) is 29.7 Å².